The van der Waals surface area contributed by atoms with Crippen LogP contribution in [-0.2, 0) is 31.6 Å². The van der Waals surface area contributed by atoms with Crippen molar-refractivity contribution in [3.05, 3.63) is 107 Å². The number of benzene rings is 3. The lowest BCUT2D eigenvalue weighted by Crippen LogP contribution is -2.04. The standard InChI is InChI=1S/C37H40N3O10P/c1-7-48-51(42,49-8-2)19-18-28-22-40(29-12-10-9-11-13-29)39-36(28)47-23-26-14-16-33(34(20-26)44-5)46-24-31-25(3)50-35(38-31)27-15-17-32(43-4)30(21-27)37(41)45-6/h9-22H,7-8,23-24H2,1-6H3. The number of esters is 1. The van der Waals surface area contributed by atoms with E-state index < -0.39 is 13.6 Å². The first-order valence-electron chi connectivity index (χ1n) is 16.1. The van der Waals surface area contributed by atoms with Gasteiger partial charge in [0.25, 0.3) is 0 Å². The number of oxazole rings is 1. The number of aromatic nitrogens is 3. The number of carbonyl (C=O) groups excluding carboxylic acids is 1. The summed E-state index contributed by atoms with van der Waals surface area (Å²) in [5.74, 6) is 3.44. The summed E-state index contributed by atoms with van der Waals surface area (Å²) in [7, 11) is 0.878. The second kappa shape index (κ2) is 17.0. The highest BCUT2D eigenvalue weighted by molar-refractivity contribution is 7.57. The summed E-state index contributed by atoms with van der Waals surface area (Å²) in [6.07, 6.45) is 3.42. The van der Waals surface area contributed by atoms with Gasteiger partial charge in [-0.15, -0.1) is 5.10 Å². The predicted molar refractivity (Wildman–Crippen MR) is 190 cm³/mol. The molecule has 14 heteroatoms. The van der Waals surface area contributed by atoms with E-state index >= 15 is 0 Å². The number of hydrogen-bond donors (Lipinski definition) is 0. The van der Waals surface area contributed by atoms with Gasteiger partial charge in [0.15, 0.2) is 11.5 Å². The predicted octanol–water partition coefficient (Wildman–Crippen LogP) is 8.03. The van der Waals surface area contributed by atoms with Crippen LogP contribution in [0, 0.1) is 6.92 Å². The van der Waals surface area contributed by atoms with Gasteiger partial charge in [0, 0.05) is 17.6 Å². The second-order valence-electron chi connectivity index (χ2n) is 10.9. The molecule has 13 nitrogen and oxygen atoms in total. The van der Waals surface area contributed by atoms with Crippen molar-refractivity contribution in [2.75, 3.05) is 34.5 Å². The molecule has 0 fully saturated rings. The fourth-order valence-electron chi connectivity index (χ4n) is 4.98. The molecule has 51 heavy (non-hydrogen) atoms. The van der Waals surface area contributed by atoms with Crippen molar-refractivity contribution < 1.29 is 46.5 Å². The Bertz CT molecular complexity index is 2010. The third-order valence-electron chi connectivity index (χ3n) is 7.49. The number of aryl methyl sites for hydroxylation is 1. The molecule has 0 aliphatic rings. The first kappa shape index (κ1) is 36.9. The summed E-state index contributed by atoms with van der Waals surface area (Å²) in [5.41, 5.74) is 3.61. The zero-order valence-corrected chi connectivity index (χ0v) is 30.2. The largest absolute Gasteiger partial charge is 0.496 e. The number of methoxy groups -OCH3 is 3. The molecular formula is C37H40N3O10P. The molecule has 0 atom stereocenters. The second-order valence-corrected chi connectivity index (χ2v) is 12.7. The van der Waals surface area contributed by atoms with Crippen molar-refractivity contribution in [2.24, 2.45) is 0 Å². The fraction of sp³-hybridized carbons (Fsp3) is 0.270. The maximum absolute atomic E-state index is 13.1. The van der Waals surface area contributed by atoms with E-state index in [9.17, 15) is 9.36 Å². The molecule has 268 valence electrons. The summed E-state index contributed by atoms with van der Waals surface area (Å²) in [6, 6.07) is 20.0. The molecule has 0 saturated carbocycles. The van der Waals surface area contributed by atoms with E-state index in [4.69, 9.17) is 37.1 Å². The fourth-order valence-corrected chi connectivity index (χ4v) is 6.29. The van der Waals surface area contributed by atoms with Crippen LogP contribution in [0.5, 0.6) is 23.1 Å². The number of para-hydroxylation sites is 1. The van der Waals surface area contributed by atoms with Gasteiger partial charge in [0.05, 0.1) is 45.8 Å². The Morgan fingerprint density at radius 1 is 0.882 bits per heavy atom. The lowest BCUT2D eigenvalue weighted by atomic mass is 10.1. The Kier molecular flexibility index (Phi) is 12.3. The van der Waals surface area contributed by atoms with Crippen molar-refractivity contribution in [3.63, 3.8) is 0 Å². The highest BCUT2D eigenvalue weighted by Crippen LogP contribution is 2.50. The topological polar surface area (TPSA) is 143 Å². The van der Waals surface area contributed by atoms with Crippen molar-refractivity contribution in [3.8, 4) is 40.3 Å². The molecule has 0 bridgehead atoms. The van der Waals surface area contributed by atoms with Crippen LogP contribution >= 0.6 is 7.60 Å². The molecule has 0 radical (unpaired) electrons. The van der Waals surface area contributed by atoms with Gasteiger partial charge in [-0.1, -0.05) is 24.3 Å². The summed E-state index contributed by atoms with van der Waals surface area (Å²) >= 11 is 0. The first-order chi connectivity index (χ1) is 24.7. The molecule has 2 aromatic heterocycles. The van der Waals surface area contributed by atoms with Crippen LogP contribution in [0.3, 0.4) is 0 Å². The van der Waals surface area contributed by atoms with Gasteiger partial charge in [0.1, 0.15) is 36.0 Å². The molecule has 0 spiro atoms. The van der Waals surface area contributed by atoms with Crippen LogP contribution in [0.1, 0.15) is 46.8 Å². The summed E-state index contributed by atoms with van der Waals surface area (Å²) in [5, 5.41) is 4.64. The van der Waals surface area contributed by atoms with E-state index in [1.165, 1.54) is 20.0 Å². The summed E-state index contributed by atoms with van der Waals surface area (Å²) in [6.45, 7) is 6.01. The molecular weight excluding hydrogens is 677 g/mol. The Morgan fingerprint density at radius 2 is 1.61 bits per heavy atom. The van der Waals surface area contributed by atoms with Crippen LogP contribution in [0.4, 0.5) is 0 Å². The molecule has 0 saturated heterocycles. The lowest BCUT2D eigenvalue weighted by molar-refractivity contribution is 0.0597. The number of hydrogen-bond acceptors (Lipinski definition) is 12. The lowest BCUT2D eigenvalue weighted by Gasteiger charge is -2.13. The van der Waals surface area contributed by atoms with Crippen LogP contribution < -0.4 is 18.9 Å². The SMILES string of the molecule is CCOP(=O)(C=Cc1cn(-c2ccccc2)nc1OCc1ccc(OCc2nc(-c3ccc(OC)c(C(=O)OC)c3)oc2C)c(OC)c1)OCC. The number of nitrogens with zero attached hydrogens (tertiary/aromatic N) is 3. The smallest absolute Gasteiger partial charge is 0.354 e. The normalized spacial score (nSPS) is 11.5. The van der Waals surface area contributed by atoms with E-state index in [-0.39, 0.29) is 32.0 Å². The molecule has 0 aliphatic heterocycles. The maximum atomic E-state index is 13.1. The zero-order valence-electron chi connectivity index (χ0n) is 29.3. The van der Waals surface area contributed by atoms with Gasteiger partial charge in [-0.25, -0.2) is 14.5 Å². The Labute approximate surface area is 296 Å². The van der Waals surface area contributed by atoms with Gasteiger partial charge in [-0.3, -0.25) is 4.57 Å². The summed E-state index contributed by atoms with van der Waals surface area (Å²) in [4.78, 5) is 16.9. The quantitative estimate of drug-likeness (QED) is 0.0679. The Hall–Kier alpha value is -5.36. The van der Waals surface area contributed by atoms with E-state index in [1.54, 1.807) is 69.1 Å². The molecule has 0 amide bonds. The molecule has 5 aromatic rings. The van der Waals surface area contributed by atoms with Gasteiger partial charge in [-0.2, -0.15) is 0 Å². The molecule has 0 aliphatic carbocycles. The van der Waals surface area contributed by atoms with E-state index in [0.29, 0.717) is 51.6 Å². The highest BCUT2D eigenvalue weighted by atomic mass is 31.2. The summed E-state index contributed by atoms with van der Waals surface area (Å²) < 4.78 is 59.6. The van der Waals surface area contributed by atoms with Crippen molar-refractivity contribution in [2.45, 2.75) is 34.0 Å². The minimum absolute atomic E-state index is 0.0987. The molecule has 5 rings (SSSR count). The van der Waals surface area contributed by atoms with E-state index in [2.05, 4.69) is 10.1 Å². The van der Waals surface area contributed by atoms with E-state index in [1.807, 2.05) is 42.5 Å². The maximum Gasteiger partial charge on any atom is 0.354 e. The minimum atomic E-state index is -3.45. The zero-order chi connectivity index (χ0) is 36.4. The first-order valence-corrected chi connectivity index (χ1v) is 17.7. The van der Waals surface area contributed by atoms with Crippen molar-refractivity contribution in [1.29, 1.82) is 0 Å². The number of carbonyl (C=O) groups is 1. The van der Waals surface area contributed by atoms with Gasteiger partial charge < -0.3 is 37.1 Å². The molecule has 0 N–H and O–H groups in total. The average molecular weight is 718 g/mol. The van der Waals surface area contributed by atoms with Gasteiger partial charge in [0.2, 0.25) is 11.8 Å². The van der Waals surface area contributed by atoms with E-state index in [0.717, 1.165) is 11.3 Å². The molecule has 2 heterocycles. The molecule has 0 unspecified atom stereocenters. The van der Waals surface area contributed by atoms with Crippen LogP contribution in [0.2, 0.25) is 0 Å². The minimum Gasteiger partial charge on any atom is -0.496 e. The molecule has 3 aromatic carbocycles. The highest BCUT2D eigenvalue weighted by Gasteiger charge is 2.21. The Balaban J connectivity index is 1.31. The Morgan fingerprint density at radius 3 is 2.29 bits per heavy atom. The van der Waals surface area contributed by atoms with Crippen LogP contribution in [-0.4, -0.2) is 55.3 Å². The van der Waals surface area contributed by atoms with Crippen molar-refractivity contribution in [1.82, 2.24) is 14.8 Å². The van der Waals surface area contributed by atoms with Crippen molar-refractivity contribution >= 4 is 19.6 Å². The third-order valence-corrected chi connectivity index (χ3v) is 9.25. The number of ether oxygens (including phenoxy) is 5. The van der Waals surface area contributed by atoms with Crippen LogP contribution in [0.15, 0.2) is 83.2 Å². The van der Waals surface area contributed by atoms with Gasteiger partial charge in [-0.05, 0) is 74.9 Å². The monoisotopic (exact) mass is 717 g/mol. The number of rotatable bonds is 17. The van der Waals surface area contributed by atoms with Crippen LogP contribution in [0.25, 0.3) is 23.2 Å². The average Bonchev–Trinajstić information content (AvgIpc) is 3.75. The third kappa shape index (κ3) is 9.06. The van der Waals surface area contributed by atoms with Gasteiger partial charge >= 0.3 is 13.6 Å².